The number of rotatable bonds is 3. The van der Waals surface area contributed by atoms with Crippen LogP contribution >= 0.6 is 0 Å². The number of carboxylic acids is 1. The van der Waals surface area contributed by atoms with Gasteiger partial charge in [-0.2, -0.15) is 0 Å². The monoisotopic (exact) mass is 250 g/mol. The van der Waals surface area contributed by atoms with Crippen molar-refractivity contribution in [1.82, 2.24) is 0 Å². The van der Waals surface area contributed by atoms with Crippen LogP contribution in [0.1, 0.15) is 35.2 Å². The normalized spacial score (nSPS) is 15.6. The predicted octanol–water partition coefficient (Wildman–Crippen LogP) is 1.85. The number of hydrogen-bond donors (Lipinski definition) is 1. The fourth-order valence-corrected chi connectivity index (χ4v) is 1.87. The molecule has 0 aliphatic carbocycles. The summed E-state index contributed by atoms with van der Waals surface area (Å²) in [6.07, 6.45) is 1.39. The summed E-state index contributed by atoms with van der Waals surface area (Å²) in [5, 5.41) is 9.07. The Morgan fingerprint density at radius 2 is 2.00 bits per heavy atom. The van der Waals surface area contributed by atoms with E-state index in [0.29, 0.717) is 48.5 Å². The molecule has 1 aliphatic rings. The van der Waals surface area contributed by atoms with E-state index in [4.69, 9.17) is 14.6 Å². The second kappa shape index (κ2) is 5.08. The minimum absolute atomic E-state index is 0.355. The molecule has 5 nitrogen and oxygen atoms in total. The van der Waals surface area contributed by atoms with E-state index in [1.807, 2.05) is 0 Å². The van der Waals surface area contributed by atoms with Crippen molar-refractivity contribution in [3.63, 3.8) is 0 Å². The molecular weight excluding hydrogens is 236 g/mol. The lowest BCUT2D eigenvalue weighted by Gasteiger charge is -2.16. The van der Waals surface area contributed by atoms with Crippen LogP contribution in [0.5, 0.6) is 11.5 Å². The lowest BCUT2D eigenvalue weighted by Crippen LogP contribution is -2.10. The van der Waals surface area contributed by atoms with E-state index in [-0.39, 0.29) is 0 Å². The molecule has 0 saturated carbocycles. The Morgan fingerprint density at radius 1 is 1.33 bits per heavy atom. The predicted molar refractivity (Wildman–Crippen MR) is 63.5 cm³/mol. The summed E-state index contributed by atoms with van der Waals surface area (Å²) in [6, 6.07) is 3.17. The Labute approximate surface area is 104 Å². The van der Waals surface area contributed by atoms with Gasteiger partial charge in [-0.15, -0.1) is 0 Å². The molecule has 5 heteroatoms. The number of carbonyl (C=O) groups excluding carboxylic acids is 1. The van der Waals surface area contributed by atoms with E-state index < -0.39 is 11.9 Å². The zero-order chi connectivity index (χ0) is 13.1. The summed E-state index contributed by atoms with van der Waals surface area (Å²) in [5.74, 6) is -0.912. The van der Waals surface area contributed by atoms with Crippen molar-refractivity contribution in [2.45, 2.75) is 19.3 Å². The first-order valence-corrected chi connectivity index (χ1v) is 5.75. The Kier molecular flexibility index (Phi) is 3.50. The van der Waals surface area contributed by atoms with E-state index >= 15 is 0 Å². The number of hydrogen-bond acceptors (Lipinski definition) is 4. The van der Waals surface area contributed by atoms with E-state index in [1.165, 1.54) is 0 Å². The first kappa shape index (κ1) is 12.4. The average molecular weight is 250 g/mol. The van der Waals surface area contributed by atoms with E-state index in [1.54, 1.807) is 19.1 Å². The molecule has 1 N–H and O–H groups in total. The Hall–Kier alpha value is -2.04. The minimum Gasteiger partial charge on any atom is -0.489 e. The van der Waals surface area contributed by atoms with E-state index in [0.717, 1.165) is 0 Å². The number of aldehydes is 1. The number of carboxylic acid groups (broad SMARTS) is 1. The van der Waals surface area contributed by atoms with Gasteiger partial charge in [0.05, 0.1) is 24.7 Å². The Balaban J connectivity index is 2.55. The lowest BCUT2D eigenvalue weighted by molar-refractivity contribution is -0.138. The molecule has 0 bridgehead atoms. The Morgan fingerprint density at radius 3 is 2.61 bits per heavy atom. The summed E-state index contributed by atoms with van der Waals surface area (Å²) < 4.78 is 11.0. The zero-order valence-electron chi connectivity index (χ0n) is 10.0. The third-order valence-corrected chi connectivity index (χ3v) is 2.92. The fraction of sp³-hybridized carbons (Fsp3) is 0.385. The van der Waals surface area contributed by atoms with Gasteiger partial charge in [-0.1, -0.05) is 6.07 Å². The van der Waals surface area contributed by atoms with Crippen molar-refractivity contribution >= 4 is 12.3 Å². The number of benzene rings is 1. The molecule has 1 atom stereocenters. The van der Waals surface area contributed by atoms with Gasteiger partial charge in [-0.05, 0) is 13.0 Å². The van der Waals surface area contributed by atoms with Gasteiger partial charge < -0.3 is 14.6 Å². The SMILES string of the molecule is CC(C(=O)O)c1ccc(C=O)c2c1OCCCO2. The van der Waals surface area contributed by atoms with Crippen LogP contribution in [0.4, 0.5) is 0 Å². The Bertz CT molecular complexity index is 481. The fourth-order valence-electron chi connectivity index (χ4n) is 1.87. The second-order valence-corrected chi connectivity index (χ2v) is 4.13. The minimum atomic E-state index is -0.941. The van der Waals surface area contributed by atoms with Gasteiger partial charge in [0, 0.05) is 12.0 Å². The zero-order valence-corrected chi connectivity index (χ0v) is 10.0. The summed E-state index contributed by atoms with van der Waals surface area (Å²) in [4.78, 5) is 22.0. The van der Waals surface area contributed by atoms with Gasteiger partial charge in [-0.3, -0.25) is 9.59 Å². The smallest absolute Gasteiger partial charge is 0.310 e. The van der Waals surface area contributed by atoms with Gasteiger partial charge in [0.1, 0.15) is 0 Å². The molecule has 1 unspecified atom stereocenters. The van der Waals surface area contributed by atoms with Crippen molar-refractivity contribution in [3.8, 4) is 11.5 Å². The molecule has 1 aromatic rings. The quantitative estimate of drug-likeness (QED) is 0.829. The first-order chi connectivity index (χ1) is 8.65. The van der Waals surface area contributed by atoms with Crippen molar-refractivity contribution in [2.75, 3.05) is 13.2 Å². The second-order valence-electron chi connectivity index (χ2n) is 4.13. The van der Waals surface area contributed by atoms with Gasteiger partial charge in [0.25, 0.3) is 0 Å². The van der Waals surface area contributed by atoms with Crippen LogP contribution in [-0.2, 0) is 4.79 Å². The number of ether oxygens (including phenoxy) is 2. The summed E-state index contributed by atoms with van der Waals surface area (Å²) in [7, 11) is 0. The summed E-state index contributed by atoms with van der Waals surface area (Å²) in [6.45, 7) is 2.49. The highest BCUT2D eigenvalue weighted by molar-refractivity contribution is 5.84. The third kappa shape index (κ3) is 2.16. The summed E-state index contributed by atoms with van der Waals surface area (Å²) >= 11 is 0. The highest BCUT2D eigenvalue weighted by Gasteiger charge is 2.25. The average Bonchev–Trinajstić information content (AvgIpc) is 2.62. The molecule has 0 aromatic heterocycles. The maximum atomic E-state index is 11.1. The van der Waals surface area contributed by atoms with Crippen molar-refractivity contribution in [2.24, 2.45) is 0 Å². The lowest BCUT2D eigenvalue weighted by atomic mass is 9.98. The number of fused-ring (bicyclic) bond motifs is 1. The van der Waals surface area contributed by atoms with Crippen LogP contribution in [-0.4, -0.2) is 30.6 Å². The molecule has 1 heterocycles. The van der Waals surface area contributed by atoms with E-state index in [2.05, 4.69) is 0 Å². The van der Waals surface area contributed by atoms with Crippen molar-refractivity contribution in [3.05, 3.63) is 23.3 Å². The van der Waals surface area contributed by atoms with Crippen LogP contribution < -0.4 is 9.47 Å². The van der Waals surface area contributed by atoms with Crippen molar-refractivity contribution < 1.29 is 24.2 Å². The first-order valence-electron chi connectivity index (χ1n) is 5.75. The highest BCUT2D eigenvalue weighted by atomic mass is 16.5. The largest absolute Gasteiger partial charge is 0.489 e. The number of aliphatic carboxylic acids is 1. The molecule has 1 aliphatic heterocycles. The molecule has 0 radical (unpaired) electrons. The van der Waals surface area contributed by atoms with Crippen LogP contribution in [0.3, 0.4) is 0 Å². The maximum absolute atomic E-state index is 11.1. The molecule has 2 rings (SSSR count). The topological polar surface area (TPSA) is 72.8 Å². The van der Waals surface area contributed by atoms with Gasteiger partial charge in [0.2, 0.25) is 0 Å². The van der Waals surface area contributed by atoms with Gasteiger partial charge in [-0.25, -0.2) is 0 Å². The van der Waals surface area contributed by atoms with Gasteiger partial charge in [0.15, 0.2) is 17.8 Å². The van der Waals surface area contributed by atoms with Crippen molar-refractivity contribution in [1.29, 1.82) is 0 Å². The molecular formula is C13H14O5. The highest BCUT2D eigenvalue weighted by Crippen LogP contribution is 2.39. The van der Waals surface area contributed by atoms with Gasteiger partial charge >= 0.3 is 5.97 Å². The third-order valence-electron chi connectivity index (χ3n) is 2.92. The molecule has 0 saturated heterocycles. The molecule has 0 fully saturated rings. The molecule has 0 spiro atoms. The molecule has 18 heavy (non-hydrogen) atoms. The molecule has 0 amide bonds. The van der Waals surface area contributed by atoms with Crippen LogP contribution in [0.25, 0.3) is 0 Å². The summed E-state index contributed by atoms with van der Waals surface area (Å²) in [5.41, 5.74) is 0.915. The van der Waals surface area contributed by atoms with Crippen LogP contribution in [0.2, 0.25) is 0 Å². The number of carbonyl (C=O) groups is 2. The maximum Gasteiger partial charge on any atom is 0.310 e. The standard InChI is InChI=1S/C13H14O5/c1-8(13(15)16)10-4-3-9(7-14)11-12(10)18-6-2-5-17-11/h3-4,7-8H,2,5-6H2,1H3,(H,15,16). The molecule has 1 aromatic carbocycles. The van der Waals surface area contributed by atoms with Crippen LogP contribution in [0, 0.1) is 0 Å². The molecule has 96 valence electrons. The van der Waals surface area contributed by atoms with E-state index in [9.17, 15) is 9.59 Å². The van der Waals surface area contributed by atoms with Crippen LogP contribution in [0.15, 0.2) is 12.1 Å².